The Bertz CT molecular complexity index is 1310. The Kier molecular flexibility index (Phi) is 6.85. The number of anilines is 2. The maximum atomic E-state index is 12.8. The summed E-state index contributed by atoms with van der Waals surface area (Å²) in [4.78, 5) is 39.6. The van der Waals surface area contributed by atoms with E-state index in [0.717, 1.165) is 10.8 Å². The van der Waals surface area contributed by atoms with Crippen molar-refractivity contribution in [3.63, 3.8) is 0 Å². The van der Waals surface area contributed by atoms with Crippen LogP contribution in [-0.4, -0.2) is 45.4 Å². The Balaban J connectivity index is 1.58. The summed E-state index contributed by atoms with van der Waals surface area (Å²) in [7, 11) is 0. The van der Waals surface area contributed by atoms with Crippen LogP contribution in [0.15, 0.2) is 51.9 Å². The van der Waals surface area contributed by atoms with Crippen molar-refractivity contribution in [2.24, 2.45) is 0 Å². The smallest absolute Gasteiger partial charge is 0.351 e. The SMILES string of the molecule is CC(=O)OCC1OC(n2cc(Br)c(Nc3cc4ccccc4cc3O)nc2=O)CC1OC(C)=O. The Morgan fingerprint density at radius 3 is 2.62 bits per heavy atom. The largest absolute Gasteiger partial charge is 0.506 e. The number of benzene rings is 2. The number of nitrogens with one attached hydrogen (secondary N) is 1. The lowest BCUT2D eigenvalue weighted by Crippen LogP contribution is -2.31. The van der Waals surface area contributed by atoms with E-state index in [4.69, 9.17) is 14.2 Å². The van der Waals surface area contributed by atoms with Crippen LogP contribution in [0.4, 0.5) is 11.5 Å². The van der Waals surface area contributed by atoms with Crippen molar-refractivity contribution in [1.29, 1.82) is 0 Å². The highest BCUT2D eigenvalue weighted by atomic mass is 79.9. The van der Waals surface area contributed by atoms with E-state index in [1.54, 1.807) is 12.1 Å². The molecule has 3 atom stereocenters. The molecule has 0 bridgehead atoms. The molecule has 3 aromatic rings. The third-order valence-electron chi connectivity index (χ3n) is 5.28. The number of aromatic hydroxyl groups is 1. The fourth-order valence-corrected chi connectivity index (χ4v) is 4.16. The van der Waals surface area contributed by atoms with Gasteiger partial charge in [-0.1, -0.05) is 24.3 Å². The highest BCUT2D eigenvalue weighted by molar-refractivity contribution is 9.10. The first-order valence-electron chi connectivity index (χ1n) is 10.4. The summed E-state index contributed by atoms with van der Waals surface area (Å²) >= 11 is 3.40. The van der Waals surface area contributed by atoms with Crippen molar-refractivity contribution in [2.75, 3.05) is 11.9 Å². The number of phenols is 1. The van der Waals surface area contributed by atoms with Crippen LogP contribution in [0.2, 0.25) is 0 Å². The average molecular weight is 532 g/mol. The molecule has 1 aliphatic heterocycles. The van der Waals surface area contributed by atoms with E-state index in [2.05, 4.69) is 26.2 Å². The predicted molar refractivity (Wildman–Crippen MR) is 126 cm³/mol. The number of hydrogen-bond donors (Lipinski definition) is 2. The standard InChI is InChI=1S/C23H22BrN3O7/c1-12(28)32-11-20-19(33-13(2)29)9-21(34-20)27-10-16(24)22(26-23(27)31)25-17-7-14-5-3-4-6-15(14)8-18(17)30/h3-8,10,19-21,30H,9,11H2,1-2H3,(H,25,26,31). The van der Waals surface area contributed by atoms with Crippen molar-refractivity contribution in [2.45, 2.75) is 38.7 Å². The molecule has 0 radical (unpaired) electrons. The van der Waals surface area contributed by atoms with E-state index in [-0.39, 0.29) is 24.6 Å². The first-order valence-corrected chi connectivity index (χ1v) is 11.2. The minimum atomic E-state index is -0.788. The van der Waals surface area contributed by atoms with Crippen LogP contribution in [0.3, 0.4) is 0 Å². The zero-order valence-electron chi connectivity index (χ0n) is 18.4. The monoisotopic (exact) mass is 531 g/mol. The molecule has 10 nitrogen and oxygen atoms in total. The van der Waals surface area contributed by atoms with E-state index in [1.807, 2.05) is 24.3 Å². The summed E-state index contributed by atoms with van der Waals surface area (Å²) < 4.78 is 17.9. The molecule has 2 heterocycles. The molecular weight excluding hydrogens is 510 g/mol. The molecule has 0 amide bonds. The number of ether oxygens (including phenoxy) is 3. The van der Waals surface area contributed by atoms with E-state index in [0.29, 0.717) is 10.2 Å². The van der Waals surface area contributed by atoms with Crippen LogP contribution >= 0.6 is 15.9 Å². The number of phenolic OH excluding ortho intramolecular Hbond substituents is 1. The maximum absolute atomic E-state index is 12.8. The van der Waals surface area contributed by atoms with Crippen molar-refractivity contribution in [1.82, 2.24) is 9.55 Å². The number of esters is 2. The van der Waals surface area contributed by atoms with Crippen molar-refractivity contribution < 1.29 is 28.9 Å². The first-order chi connectivity index (χ1) is 16.2. The summed E-state index contributed by atoms with van der Waals surface area (Å²) in [6, 6.07) is 10.9. The molecule has 2 N–H and O–H groups in total. The van der Waals surface area contributed by atoms with Crippen molar-refractivity contribution in [3.8, 4) is 5.75 Å². The molecule has 0 aliphatic carbocycles. The minimum absolute atomic E-state index is 0.00763. The molecule has 34 heavy (non-hydrogen) atoms. The highest BCUT2D eigenvalue weighted by Crippen LogP contribution is 2.34. The summed E-state index contributed by atoms with van der Waals surface area (Å²) in [5, 5.41) is 15.1. The molecule has 0 saturated carbocycles. The van der Waals surface area contributed by atoms with Gasteiger partial charge >= 0.3 is 17.6 Å². The second-order valence-electron chi connectivity index (χ2n) is 7.78. The van der Waals surface area contributed by atoms with Gasteiger partial charge < -0.3 is 24.6 Å². The van der Waals surface area contributed by atoms with Gasteiger partial charge in [0.1, 0.15) is 30.8 Å². The first kappa shape index (κ1) is 23.7. The Morgan fingerprint density at radius 2 is 1.94 bits per heavy atom. The maximum Gasteiger partial charge on any atom is 0.351 e. The quantitative estimate of drug-likeness (QED) is 0.363. The Labute approximate surface area is 202 Å². The van der Waals surface area contributed by atoms with Gasteiger partial charge in [0.25, 0.3) is 0 Å². The van der Waals surface area contributed by atoms with Crippen LogP contribution < -0.4 is 11.0 Å². The van der Waals surface area contributed by atoms with Crippen LogP contribution in [0.5, 0.6) is 5.75 Å². The van der Waals surface area contributed by atoms with Gasteiger partial charge in [0, 0.05) is 26.5 Å². The van der Waals surface area contributed by atoms with Gasteiger partial charge in [0.2, 0.25) is 0 Å². The summed E-state index contributed by atoms with van der Waals surface area (Å²) in [5.74, 6) is -0.794. The third-order valence-corrected chi connectivity index (χ3v) is 5.86. The number of carbonyl (C=O) groups excluding carboxylic acids is 2. The molecule has 2 aromatic carbocycles. The topological polar surface area (TPSA) is 129 Å². The van der Waals surface area contributed by atoms with Crippen LogP contribution in [0, 0.1) is 0 Å². The van der Waals surface area contributed by atoms with Crippen molar-refractivity contribution >= 4 is 50.1 Å². The van der Waals surface area contributed by atoms with Gasteiger partial charge in [-0.3, -0.25) is 14.2 Å². The molecule has 3 unspecified atom stereocenters. The summed E-state index contributed by atoms with van der Waals surface area (Å²) in [6.45, 7) is 2.41. The second-order valence-corrected chi connectivity index (χ2v) is 8.64. The number of rotatable bonds is 6. The van der Waals surface area contributed by atoms with E-state index in [1.165, 1.54) is 24.6 Å². The fourth-order valence-electron chi connectivity index (χ4n) is 3.75. The molecule has 11 heteroatoms. The van der Waals surface area contributed by atoms with Gasteiger partial charge in [-0.25, -0.2) is 4.79 Å². The lowest BCUT2D eigenvalue weighted by atomic mass is 10.1. The van der Waals surface area contributed by atoms with Crippen LogP contribution in [0.1, 0.15) is 26.5 Å². The molecule has 0 spiro atoms. The lowest BCUT2D eigenvalue weighted by Gasteiger charge is -2.18. The number of halogens is 1. The van der Waals surface area contributed by atoms with E-state index in [9.17, 15) is 19.5 Å². The molecule has 1 aromatic heterocycles. The van der Waals surface area contributed by atoms with Gasteiger partial charge in [-0.2, -0.15) is 4.98 Å². The van der Waals surface area contributed by atoms with E-state index < -0.39 is 36.1 Å². The van der Waals surface area contributed by atoms with Gasteiger partial charge in [-0.15, -0.1) is 0 Å². The highest BCUT2D eigenvalue weighted by Gasteiger charge is 2.39. The molecular formula is C23H22BrN3O7. The predicted octanol–water partition coefficient (Wildman–Crippen LogP) is 3.39. The number of nitrogens with zero attached hydrogens (tertiary/aromatic N) is 2. The zero-order valence-corrected chi connectivity index (χ0v) is 19.9. The zero-order chi connectivity index (χ0) is 24.4. The molecule has 1 fully saturated rings. The summed E-state index contributed by atoms with van der Waals surface area (Å²) in [6.07, 6.45) is -0.530. The molecule has 4 rings (SSSR count). The lowest BCUT2D eigenvalue weighted by molar-refractivity contribution is -0.155. The minimum Gasteiger partial charge on any atom is -0.506 e. The second kappa shape index (κ2) is 9.82. The van der Waals surface area contributed by atoms with Crippen LogP contribution in [0.25, 0.3) is 10.8 Å². The molecule has 1 aliphatic rings. The molecule has 178 valence electrons. The third kappa shape index (κ3) is 5.20. The summed E-state index contributed by atoms with van der Waals surface area (Å²) in [5.41, 5.74) is -0.233. The number of fused-ring (bicyclic) bond motifs is 1. The average Bonchev–Trinajstić information content (AvgIpc) is 3.16. The molecule has 1 saturated heterocycles. The van der Waals surface area contributed by atoms with Gasteiger partial charge in [-0.05, 0) is 38.8 Å². The van der Waals surface area contributed by atoms with Gasteiger partial charge in [0.05, 0.1) is 10.2 Å². The normalized spacial score (nSPS) is 19.7. The van der Waals surface area contributed by atoms with Crippen LogP contribution in [-0.2, 0) is 23.8 Å². The van der Waals surface area contributed by atoms with Gasteiger partial charge in [0.15, 0.2) is 5.82 Å². The fraction of sp³-hybridized carbons (Fsp3) is 0.304. The van der Waals surface area contributed by atoms with Crippen molar-refractivity contribution in [3.05, 3.63) is 57.6 Å². The number of hydrogen-bond acceptors (Lipinski definition) is 9. The Morgan fingerprint density at radius 1 is 1.24 bits per heavy atom. The number of aromatic nitrogens is 2. The van der Waals surface area contributed by atoms with E-state index >= 15 is 0 Å². The Hall–Kier alpha value is -3.44. The number of carbonyl (C=O) groups is 2.